The van der Waals surface area contributed by atoms with Gasteiger partial charge in [-0.2, -0.15) is 0 Å². The van der Waals surface area contributed by atoms with Crippen LogP contribution in [0.2, 0.25) is 0 Å². The van der Waals surface area contributed by atoms with E-state index in [0.29, 0.717) is 25.7 Å². The summed E-state index contributed by atoms with van der Waals surface area (Å²) in [4.78, 5) is 73.1. The Balaban J connectivity index is 5.30. The number of hydrogen-bond acceptors (Lipinski definition) is 15. The monoisotopic (exact) mass is 1490 g/mol. The van der Waals surface area contributed by atoms with E-state index in [4.69, 9.17) is 37.0 Å². The van der Waals surface area contributed by atoms with E-state index in [2.05, 4.69) is 65.8 Å². The van der Waals surface area contributed by atoms with Gasteiger partial charge in [-0.15, -0.1) is 0 Å². The molecule has 0 aliphatic rings. The molecule has 19 heteroatoms. The molecule has 0 saturated heterocycles. The van der Waals surface area contributed by atoms with Gasteiger partial charge in [0.15, 0.2) is 12.2 Å². The Morgan fingerprint density at radius 2 is 0.549 bits per heavy atom. The van der Waals surface area contributed by atoms with Crippen molar-refractivity contribution < 1.29 is 80.2 Å². The van der Waals surface area contributed by atoms with Gasteiger partial charge in [-0.05, 0) is 63.2 Å². The number of rotatable bonds is 80. The number of phosphoric ester groups is 2. The van der Waals surface area contributed by atoms with Gasteiger partial charge in [0.2, 0.25) is 0 Å². The summed E-state index contributed by atoms with van der Waals surface area (Å²) in [6.45, 7) is 9.64. The molecule has 0 radical (unpaired) electrons. The number of phosphoric acid groups is 2. The molecule has 0 aromatic heterocycles. The number of unbranched alkanes of at least 4 members (excludes halogenated alkanes) is 45. The summed E-state index contributed by atoms with van der Waals surface area (Å²) in [5, 5.41) is 10.7. The second kappa shape index (κ2) is 74.0. The van der Waals surface area contributed by atoms with Gasteiger partial charge >= 0.3 is 39.5 Å². The molecular formula is C83H158O17P2. The first-order chi connectivity index (χ1) is 49.4. The first kappa shape index (κ1) is 99.5. The summed E-state index contributed by atoms with van der Waals surface area (Å²) < 4.78 is 68.8. The number of esters is 4. The summed E-state index contributed by atoms with van der Waals surface area (Å²) in [5.74, 6) is -0.517. The largest absolute Gasteiger partial charge is 0.472 e. The van der Waals surface area contributed by atoms with Gasteiger partial charge in [-0.25, -0.2) is 9.13 Å². The quantitative estimate of drug-likeness (QED) is 0.0169. The lowest BCUT2D eigenvalue weighted by Crippen LogP contribution is -2.30. The molecule has 0 aromatic carbocycles. The van der Waals surface area contributed by atoms with Gasteiger partial charge in [-0.1, -0.05) is 361 Å². The van der Waals surface area contributed by atoms with Gasteiger partial charge in [0, 0.05) is 25.7 Å². The highest BCUT2D eigenvalue weighted by atomic mass is 31.2. The number of carbonyl (C=O) groups excluding carboxylic acids is 4. The summed E-state index contributed by atoms with van der Waals surface area (Å²) in [5.41, 5.74) is 0. The van der Waals surface area contributed by atoms with E-state index >= 15 is 0 Å². The molecular weight excluding hydrogens is 1330 g/mol. The summed E-state index contributed by atoms with van der Waals surface area (Å²) in [7, 11) is -9.94. The van der Waals surface area contributed by atoms with Crippen LogP contribution in [0, 0.1) is 11.8 Å². The Hall–Kier alpha value is -2.46. The van der Waals surface area contributed by atoms with E-state index in [1.807, 2.05) is 0 Å². The fraction of sp³-hybridized carbons (Fsp3) is 0.904. The summed E-state index contributed by atoms with van der Waals surface area (Å²) in [6.07, 6.45) is 67.2. The molecule has 102 heavy (non-hydrogen) atoms. The topological polar surface area (TPSA) is 237 Å². The maximum absolute atomic E-state index is 13.1. The first-order valence-corrected chi connectivity index (χ1v) is 45.4. The number of ether oxygens (including phenoxy) is 4. The molecule has 0 bridgehead atoms. The molecule has 0 aliphatic carbocycles. The predicted molar refractivity (Wildman–Crippen MR) is 418 cm³/mol. The van der Waals surface area contributed by atoms with Crippen molar-refractivity contribution >= 4 is 39.5 Å². The highest BCUT2D eigenvalue weighted by Gasteiger charge is 2.30. The maximum atomic E-state index is 13.1. The zero-order valence-electron chi connectivity index (χ0n) is 66.4. The number of hydrogen-bond donors (Lipinski definition) is 3. The summed E-state index contributed by atoms with van der Waals surface area (Å²) in [6, 6.07) is 0. The Morgan fingerprint density at radius 1 is 0.314 bits per heavy atom. The second-order valence-electron chi connectivity index (χ2n) is 29.7. The van der Waals surface area contributed by atoms with Crippen molar-refractivity contribution in [3.63, 3.8) is 0 Å². The average molecular weight is 1490 g/mol. The lowest BCUT2D eigenvalue weighted by atomic mass is 9.99. The van der Waals surface area contributed by atoms with Crippen molar-refractivity contribution in [3.05, 3.63) is 24.3 Å². The van der Waals surface area contributed by atoms with Crippen LogP contribution in [0.25, 0.3) is 0 Å². The fourth-order valence-corrected chi connectivity index (χ4v) is 13.9. The van der Waals surface area contributed by atoms with Crippen molar-refractivity contribution in [1.82, 2.24) is 0 Å². The van der Waals surface area contributed by atoms with Crippen LogP contribution in [0.3, 0.4) is 0 Å². The van der Waals surface area contributed by atoms with Crippen molar-refractivity contribution in [3.8, 4) is 0 Å². The average Bonchev–Trinajstić information content (AvgIpc) is 0.930. The zero-order valence-corrected chi connectivity index (χ0v) is 68.2. The minimum absolute atomic E-state index is 0.0848. The van der Waals surface area contributed by atoms with E-state index in [1.165, 1.54) is 218 Å². The van der Waals surface area contributed by atoms with Crippen molar-refractivity contribution in [2.75, 3.05) is 39.6 Å². The number of carbonyl (C=O) groups is 4. The van der Waals surface area contributed by atoms with Crippen LogP contribution < -0.4 is 0 Å². The lowest BCUT2D eigenvalue weighted by Gasteiger charge is -2.21. The van der Waals surface area contributed by atoms with E-state index < -0.39 is 97.5 Å². The first-order valence-electron chi connectivity index (χ1n) is 42.4. The third kappa shape index (κ3) is 73.1. The van der Waals surface area contributed by atoms with Crippen LogP contribution in [0.1, 0.15) is 414 Å². The van der Waals surface area contributed by atoms with Crippen molar-refractivity contribution in [2.24, 2.45) is 11.8 Å². The molecule has 0 saturated carbocycles. The molecule has 3 N–H and O–H groups in total. The standard InChI is InChI=1S/C83H158O17P2/c1-7-11-13-15-17-19-21-23-25-26-28-32-36-40-47-53-59-65-80(85)93-71-78(99-82(87)68-62-56-50-42-38-34-30-29-31-35-39-45-51-57-63-75(5)9-3)73-97-101(89,90)95-69-77(84)70-96-102(91,92)98-74-79(72-94-81(86)66-60-54-48-44-43-46-52-58-64-76(6)10-4)100-83(88)67-61-55-49-41-37-33-27-24-22-20-18-16-14-12-8-2/h20,22,24,27,75-79,84H,7-19,21,23,25-26,28-74H2,1-6H3,(H,89,90)(H,91,92)/b22-20-,27-24-/t75?,76?,77-,78-,79-/m1/s1. The molecule has 0 spiro atoms. The van der Waals surface area contributed by atoms with Crippen LogP contribution in [-0.4, -0.2) is 96.7 Å². The van der Waals surface area contributed by atoms with Gasteiger partial charge in [0.05, 0.1) is 26.4 Å². The van der Waals surface area contributed by atoms with E-state index in [9.17, 15) is 43.2 Å². The molecule has 0 fully saturated rings. The number of aliphatic hydroxyl groups excluding tert-OH is 1. The SMILES string of the molecule is CCCCCC/C=C\C=C/CCCCCCCC(=O)O[C@H](COC(=O)CCCCCCCCCCC(C)CC)COP(=O)(O)OC[C@H](O)COP(=O)(O)OC[C@@H](COC(=O)CCCCCCCCCCCCCCCCCCC)OC(=O)CCCCCCCCCCCCCCCCC(C)CC. The van der Waals surface area contributed by atoms with Crippen LogP contribution in [0.15, 0.2) is 24.3 Å². The van der Waals surface area contributed by atoms with Gasteiger partial charge in [-0.3, -0.25) is 37.3 Å². The van der Waals surface area contributed by atoms with Crippen LogP contribution in [0.4, 0.5) is 0 Å². The highest BCUT2D eigenvalue weighted by molar-refractivity contribution is 7.47. The van der Waals surface area contributed by atoms with E-state index in [1.54, 1.807) is 0 Å². The smallest absolute Gasteiger partial charge is 0.462 e. The molecule has 0 aromatic rings. The Bertz CT molecular complexity index is 2060. The van der Waals surface area contributed by atoms with Crippen molar-refractivity contribution in [1.29, 1.82) is 0 Å². The minimum Gasteiger partial charge on any atom is -0.462 e. The molecule has 0 amide bonds. The Morgan fingerprint density at radius 3 is 0.833 bits per heavy atom. The van der Waals surface area contributed by atoms with Gasteiger partial charge < -0.3 is 33.8 Å². The van der Waals surface area contributed by atoms with Crippen molar-refractivity contribution in [2.45, 2.75) is 432 Å². The molecule has 0 rings (SSSR count). The Labute approximate surface area is 624 Å². The van der Waals surface area contributed by atoms with Crippen LogP contribution in [-0.2, 0) is 65.4 Å². The minimum atomic E-state index is -4.97. The molecule has 7 atom stereocenters. The lowest BCUT2D eigenvalue weighted by molar-refractivity contribution is -0.161. The third-order valence-corrected chi connectivity index (χ3v) is 21.5. The van der Waals surface area contributed by atoms with Crippen LogP contribution >= 0.6 is 15.6 Å². The van der Waals surface area contributed by atoms with Crippen LogP contribution in [0.5, 0.6) is 0 Å². The van der Waals surface area contributed by atoms with E-state index in [-0.39, 0.29) is 25.7 Å². The Kier molecular flexibility index (Phi) is 72.2. The fourth-order valence-electron chi connectivity index (χ4n) is 12.3. The summed E-state index contributed by atoms with van der Waals surface area (Å²) >= 11 is 0. The molecule has 0 aliphatic heterocycles. The molecule has 17 nitrogen and oxygen atoms in total. The number of aliphatic hydroxyl groups is 1. The second-order valence-corrected chi connectivity index (χ2v) is 32.6. The highest BCUT2D eigenvalue weighted by Crippen LogP contribution is 2.45. The van der Waals surface area contributed by atoms with E-state index in [0.717, 1.165) is 115 Å². The molecule has 4 unspecified atom stereocenters. The maximum Gasteiger partial charge on any atom is 0.472 e. The third-order valence-electron chi connectivity index (χ3n) is 19.6. The zero-order chi connectivity index (χ0) is 74.9. The predicted octanol–water partition coefficient (Wildman–Crippen LogP) is 24.6. The normalized spacial score (nSPS) is 14.6. The van der Waals surface area contributed by atoms with Gasteiger partial charge in [0.1, 0.15) is 19.3 Å². The number of allylic oxidation sites excluding steroid dienone is 4. The molecule has 602 valence electrons. The molecule has 0 heterocycles. The van der Waals surface area contributed by atoms with Gasteiger partial charge in [0.25, 0.3) is 0 Å².